The summed E-state index contributed by atoms with van der Waals surface area (Å²) in [6.45, 7) is 9.66. The third-order valence-corrected chi connectivity index (χ3v) is 7.20. The molecule has 0 atom stereocenters. The van der Waals surface area contributed by atoms with Crippen LogP contribution in [0, 0.1) is 6.92 Å². The number of halogens is 1. The Bertz CT molecular complexity index is 1130. The molecule has 7 heteroatoms. The molecule has 0 spiro atoms. The lowest BCUT2D eigenvalue weighted by molar-refractivity contribution is 0.430. The van der Waals surface area contributed by atoms with Crippen molar-refractivity contribution in [2.75, 3.05) is 0 Å². The van der Waals surface area contributed by atoms with Crippen molar-refractivity contribution in [2.24, 2.45) is 0 Å². The highest BCUT2D eigenvalue weighted by atomic mass is 35.5. The molecule has 4 rings (SSSR count). The molecule has 0 amide bonds. The molecule has 2 aromatic carbocycles. The summed E-state index contributed by atoms with van der Waals surface area (Å²) >= 11 is 5.97. The van der Waals surface area contributed by atoms with Crippen LogP contribution in [0.5, 0.6) is 0 Å². The van der Waals surface area contributed by atoms with Gasteiger partial charge in [-0.1, -0.05) is 78.0 Å². The van der Waals surface area contributed by atoms with Gasteiger partial charge in [0.05, 0.1) is 14.6 Å². The number of aromatic nitrogens is 4. The number of rotatable bonds is 5. The molecule has 0 radical (unpaired) electrons. The molecule has 2 heterocycles. The Morgan fingerprint density at radius 3 is 2.34 bits per heavy atom. The van der Waals surface area contributed by atoms with E-state index in [0.717, 1.165) is 21.8 Å². The fraction of sp³-hybridized carbons (Fsp3) is 0.227. The summed E-state index contributed by atoms with van der Waals surface area (Å²) in [6, 6.07) is 18.2. The van der Waals surface area contributed by atoms with E-state index in [2.05, 4.69) is 59.1 Å². The zero-order valence-corrected chi connectivity index (χ0v) is 18.7. The van der Waals surface area contributed by atoms with Crippen LogP contribution in [0.4, 0.5) is 0 Å². The molecule has 29 heavy (non-hydrogen) atoms. The Balaban J connectivity index is 1.56. The number of benzene rings is 2. The van der Waals surface area contributed by atoms with Gasteiger partial charge in [-0.25, -0.2) is 0 Å². The van der Waals surface area contributed by atoms with Crippen LogP contribution in [0.1, 0.15) is 11.3 Å². The molecule has 4 aromatic rings. The third-order valence-electron chi connectivity index (χ3n) is 4.88. The standard InChI is InChI=1S/C22H23ClN4OSi/c1-15-13-20(25-27(15)14-16-5-9-18(23)10-6-16)22-24-21(26-28-22)17-7-11-19(12-8-17)29(2,3)4/h5-13H,14H2,1-4H3. The minimum Gasteiger partial charge on any atom is -0.332 e. The van der Waals surface area contributed by atoms with Gasteiger partial charge in [-0.3, -0.25) is 4.68 Å². The number of nitrogens with zero attached hydrogens (tertiary/aromatic N) is 4. The molecule has 0 unspecified atom stereocenters. The Kier molecular flexibility index (Phi) is 5.15. The van der Waals surface area contributed by atoms with Crippen molar-refractivity contribution in [1.29, 1.82) is 0 Å². The molecule has 0 aliphatic rings. The highest BCUT2D eigenvalue weighted by Crippen LogP contribution is 2.22. The van der Waals surface area contributed by atoms with Crippen molar-refractivity contribution in [2.45, 2.75) is 33.1 Å². The predicted octanol–water partition coefficient (Wildman–Crippen LogP) is 5.16. The minimum atomic E-state index is -1.33. The van der Waals surface area contributed by atoms with Gasteiger partial charge in [-0.05, 0) is 30.7 Å². The average Bonchev–Trinajstić information content (AvgIpc) is 3.30. The topological polar surface area (TPSA) is 56.7 Å². The van der Waals surface area contributed by atoms with E-state index >= 15 is 0 Å². The first-order chi connectivity index (χ1) is 13.8. The van der Waals surface area contributed by atoms with Crippen molar-refractivity contribution in [1.82, 2.24) is 19.9 Å². The summed E-state index contributed by atoms with van der Waals surface area (Å²) in [5.41, 5.74) is 3.77. The van der Waals surface area contributed by atoms with Gasteiger partial charge in [0.2, 0.25) is 5.82 Å². The fourth-order valence-corrected chi connectivity index (χ4v) is 4.39. The van der Waals surface area contributed by atoms with E-state index in [1.807, 2.05) is 41.9 Å². The summed E-state index contributed by atoms with van der Waals surface area (Å²) in [7, 11) is -1.33. The molecular weight excluding hydrogens is 400 g/mol. The summed E-state index contributed by atoms with van der Waals surface area (Å²) in [6.07, 6.45) is 0. The number of aryl methyl sites for hydroxylation is 1. The van der Waals surface area contributed by atoms with Crippen LogP contribution in [0.15, 0.2) is 59.1 Å². The third kappa shape index (κ3) is 4.33. The summed E-state index contributed by atoms with van der Waals surface area (Å²) in [4.78, 5) is 4.56. The maximum absolute atomic E-state index is 5.97. The Morgan fingerprint density at radius 1 is 1.00 bits per heavy atom. The van der Waals surface area contributed by atoms with E-state index in [4.69, 9.17) is 16.1 Å². The zero-order chi connectivity index (χ0) is 20.6. The molecule has 2 aromatic heterocycles. The second-order valence-corrected chi connectivity index (χ2v) is 13.7. The van der Waals surface area contributed by atoms with Crippen LogP contribution in [0.2, 0.25) is 24.7 Å². The molecule has 0 bridgehead atoms. The van der Waals surface area contributed by atoms with Gasteiger partial charge in [-0.2, -0.15) is 10.1 Å². The first-order valence-electron chi connectivity index (χ1n) is 9.53. The van der Waals surface area contributed by atoms with Crippen molar-refractivity contribution < 1.29 is 4.52 Å². The normalized spacial score (nSPS) is 11.8. The van der Waals surface area contributed by atoms with Gasteiger partial charge in [0, 0.05) is 16.3 Å². The quantitative estimate of drug-likeness (QED) is 0.417. The maximum Gasteiger partial charge on any atom is 0.278 e. The lowest BCUT2D eigenvalue weighted by atomic mass is 10.2. The van der Waals surface area contributed by atoms with Crippen molar-refractivity contribution in [3.05, 3.63) is 70.9 Å². The van der Waals surface area contributed by atoms with E-state index in [9.17, 15) is 0 Å². The molecule has 0 saturated carbocycles. The van der Waals surface area contributed by atoms with E-state index in [1.165, 1.54) is 5.19 Å². The van der Waals surface area contributed by atoms with Crippen LogP contribution >= 0.6 is 11.6 Å². The zero-order valence-electron chi connectivity index (χ0n) is 17.0. The first-order valence-corrected chi connectivity index (χ1v) is 13.4. The maximum atomic E-state index is 5.97. The minimum absolute atomic E-state index is 0.423. The molecule has 0 aliphatic carbocycles. The van der Waals surface area contributed by atoms with Crippen molar-refractivity contribution >= 4 is 24.9 Å². The molecule has 148 valence electrons. The highest BCUT2D eigenvalue weighted by Gasteiger charge is 2.18. The lowest BCUT2D eigenvalue weighted by Crippen LogP contribution is -2.37. The average molecular weight is 423 g/mol. The molecule has 0 fully saturated rings. The molecule has 0 N–H and O–H groups in total. The first kappa shape index (κ1) is 19.6. The number of hydrogen-bond acceptors (Lipinski definition) is 4. The second kappa shape index (κ2) is 7.61. The van der Waals surface area contributed by atoms with E-state index < -0.39 is 8.07 Å². The van der Waals surface area contributed by atoms with E-state index in [0.29, 0.717) is 24.0 Å². The van der Waals surface area contributed by atoms with Crippen molar-refractivity contribution in [3.63, 3.8) is 0 Å². The van der Waals surface area contributed by atoms with Crippen LogP contribution in [0.25, 0.3) is 23.0 Å². The fourth-order valence-electron chi connectivity index (χ4n) is 3.10. The van der Waals surface area contributed by atoms with E-state index in [1.54, 1.807) is 0 Å². The Hall–Kier alpha value is -2.70. The van der Waals surface area contributed by atoms with E-state index in [-0.39, 0.29) is 0 Å². The van der Waals surface area contributed by atoms with Crippen LogP contribution in [-0.4, -0.2) is 28.0 Å². The number of hydrogen-bond donors (Lipinski definition) is 0. The van der Waals surface area contributed by atoms with Crippen LogP contribution in [0.3, 0.4) is 0 Å². The van der Waals surface area contributed by atoms with Crippen LogP contribution < -0.4 is 5.19 Å². The molecule has 5 nitrogen and oxygen atoms in total. The smallest absolute Gasteiger partial charge is 0.278 e. The van der Waals surface area contributed by atoms with Crippen molar-refractivity contribution in [3.8, 4) is 23.0 Å². The molecular formula is C22H23ClN4OSi. The highest BCUT2D eigenvalue weighted by molar-refractivity contribution is 6.88. The van der Waals surface area contributed by atoms with Gasteiger partial charge in [-0.15, -0.1) is 0 Å². The summed E-state index contributed by atoms with van der Waals surface area (Å²) in [5.74, 6) is 0.999. The summed E-state index contributed by atoms with van der Waals surface area (Å²) in [5, 5.41) is 10.9. The molecule has 0 aliphatic heterocycles. The van der Waals surface area contributed by atoms with Gasteiger partial charge >= 0.3 is 0 Å². The van der Waals surface area contributed by atoms with Crippen LogP contribution in [-0.2, 0) is 6.54 Å². The second-order valence-electron chi connectivity index (χ2n) is 8.21. The monoisotopic (exact) mass is 422 g/mol. The predicted molar refractivity (Wildman–Crippen MR) is 119 cm³/mol. The Morgan fingerprint density at radius 2 is 1.69 bits per heavy atom. The lowest BCUT2D eigenvalue weighted by Gasteiger charge is -2.16. The van der Waals surface area contributed by atoms with Gasteiger partial charge in [0.15, 0.2) is 5.69 Å². The van der Waals surface area contributed by atoms with Gasteiger partial charge in [0.25, 0.3) is 5.89 Å². The Labute approximate surface area is 176 Å². The largest absolute Gasteiger partial charge is 0.332 e. The van der Waals surface area contributed by atoms with Gasteiger partial charge < -0.3 is 4.52 Å². The SMILES string of the molecule is Cc1cc(-c2nc(-c3ccc([Si](C)(C)C)cc3)no2)nn1Cc1ccc(Cl)cc1. The molecule has 0 saturated heterocycles. The summed E-state index contributed by atoms with van der Waals surface area (Å²) < 4.78 is 7.41. The van der Waals surface area contributed by atoms with Gasteiger partial charge in [0.1, 0.15) is 0 Å².